The van der Waals surface area contributed by atoms with Crippen molar-refractivity contribution in [2.24, 2.45) is 0 Å². The molecule has 0 aliphatic carbocycles. The maximum Gasteiger partial charge on any atom is 0.416 e. The zero-order valence-corrected chi connectivity index (χ0v) is 10.5. The molecule has 6 heteroatoms. The summed E-state index contributed by atoms with van der Waals surface area (Å²) in [5.41, 5.74) is -0.480. The summed E-state index contributed by atoms with van der Waals surface area (Å²) in [4.78, 5) is 11.6. The Balaban J connectivity index is 2.70. The SMILES string of the molecule is CCC(CO)NC(=O)Cc1cccc(C(F)(F)F)c1. The molecule has 1 aromatic carbocycles. The highest BCUT2D eigenvalue weighted by molar-refractivity contribution is 5.78. The summed E-state index contributed by atoms with van der Waals surface area (Å²) in [7, 11) is 0. The van der Waals surface area contributed by atoms with Crippen molar-refractivity contribution in [3.8, 4) is 0 Å². The van der Waals surface area contributed by atoms with Gasteiger partial charge in [0.25, 0.3) is 0 Å². The molecule has 1 atom stereocenters. The Hall–Kier alpha value is -1.56. The number of alkyl halides is 3. The highest BCUT2D eigenvalue weighted by atomic mass is 19.4. The third-order valence-electron chi connectivity index (χ3n) is 2.70. The number of hydrogen-bond acceptors (Lipinski definition) is 2. The van der Waals surface area contributed by atoms with E-state index in [9.17, 15) is 18.0 Å². The Morgan fingerprint density at radius 3 is 2.63 bits per heavy atom. The van der Waals surface area contributed by atoms with Crippen molar-refractivity contribution in [2.45, 2.75) is 32.0 Å². The first-order valence-electron chi connectivity index (χ1n) is 5.93. The number of aliphatic hydroxyl groups excluding tert-OH is 1. The first-order valence-corrected chi connectivity index (χ1v) is 5.93. The minimum Gasteiger partial charge on any atom is -0.394 e. The molecule has 1 rings (SSSR count). The van der Waals surface area contributed by atoms with Crippen LogP contribution in [0.15, 0.2) is 24.3 Å². The fourth-order valence-electron chi connectivity index (χ4n) is 1.60. The first-order chi connectivity index (χ1) is 8.86. The minimum atomic E-state index is -4.41. The van der Waals surface area contributed by atoms with Gasteiger partial charge in [-0.3, -0.25) is 4.79 Å². The number of amides is 1. The Morgan fingerprint density at radius 2 is 2.11 bits per heavy atom. The molecule has 0 saturated carbocycles. The molecule has 0 aliphatic heterocycles. The van der Waals surface area contributed by atoms with Gasteiger partial charge in [-0.05, 0) is 18.1 Å². The van der Waals surface area contributed by atoms with E-state index < -0.39 is 17.6 Å². The molecular weight excluding hydrogens is 259 g/mol. The number of hydrogen-bond donors (Lipinski definition) is 2. The molecule has 0 aliphatic rings. The van der Waals surface area contributed by atoms with Crippen molar-refractivity contribution in [1.82, 2.24) is 5.32 Å². The molecular formula is C13H16F3NO2. The van der Waals surface area contributed by atoms with Crippen molar-refractivity contribution in [2.75, 3.05) is 6.61 Å². The van der Waals surface area contributed by atoms with Crippen LogP contribution in [0.5, 0.6) is 0 Å². The van der Waals surface area contributed by atoms with Gasteiger partial charge in [0, 0.05) is 0 Å². The molecule has 1 unspecified atom stereocenters. The molecule has 1 aromatic rings. The Morgan fingerprint density at radius 1 is 1.42 bits per heavy atom. The molecule has 1 amide bonds. The van der Waals surface area contributed by atoms with Crippen LogP contribution in [0.1, 0.15) is 24.5 Å². The molecule has 0 bridgehead atoms. The predicted molar refractivity (Wildman–Crippen MR) is 64.5 cm³/mol. The molecule has 106 valence electrons. The average Bonchev–Trinajstić information content (AvgIpc) is 2.35. The third kappa shape index (κ3) is 4.90. The zero-order chi connectivity index (χ0) is 14.5. The second-order valence-electron chi connectivity index (χ2n) is 4.23. The van der Waals surface area contributed by atoms with E-state index in [0.717, 1.165) is 12.1 Å². The van der Waals surface area contributed by atoms with Gasteiger partial charge in [0.1, 0.15) is 0 Å². The summed E-state index contributed by atoms with van der Waals surface area (Å²) in [5, 5.41) is 11.5. The summed E-state index contributed by atoms with van der Waals surface area (Å²) in [6.45, 7) is 1.61. The zero-order valence-electron chi connectivity index (χ0n) is 10.5. The Bertz CT molecular complexity index is 428. The van der Waals surface area contributed by atoms with Crippen molar-refractivity contribution < 1.29 is 23.1 Å². The van der Waals surface area contributed by atoms with E-state index in [1.165, 1.54) is 12.1 Å². The van der Waals surface area contributed by atoms with Crippen molar-refractivity contribution in [3.05, 3.63) is 35.4 Å². The van der Waals surface area contributed by atoms with Crippen LogP contribution in [-0.4, -0.2) is 23.7 Å². The van der Waals surface area contributed by atoms with Gasteiger partial charge in [0.15, 0.2) is 0 Å². The van der Waals surface area contributed by atoms with Crippen LogP contribution in [-0.2, 0) is 17.4 Å². The van der Waals surface area contributed by atoms with Crippen LogP contribution in [0, 0.1) is 0 Å². The fourth-order valence-corrected chi connectivity index (χ4v) is 1.60. The summed E-state index contributed by atoms with van der Waals surface area (Å²) >= 11 is 0. The maximum atomic E-state index is 12.5. The topological polar surface area (TPSA) is 49.3 Å². The van der Waals surface area contributed by atoms with E-state index in [-0.39, 0.29) is 19.1 Å². The van der Waals surface area contributed by atoms with E-state index in [1.807, 2.05) is 0 Å². The largest absolute Gasteiger partial charge is 0.416 e. The summed E-state index contributed by atoms with van der Waals surface area (Å²) in [6.07, 6.45) is -3.99. The van der Waals surface area contributed by atoms with Gasteiger partial charge < -0.3 is 10.4 Å². The number of rotatable bonds is 5. The van der Waals surface area contributed by atoms with Gasteiger partial charge in [-0.15, -0.1) is 0 Å². The molecule has 3 nitrogen and oxygen atoms in total. The highest BCUT2D eigenvalue weighted by Crippen LogP contribution is 2.29. The van der Waals surface area contributed by atoms with Crippen LogP contribution in [0.2, 0.25) is 0 Å². The second-order valence-corrected chi connectivity index (χ2v) is 4.23. The molecule has 0 aromatic heterocycles. The van der Waals surface area contributed by atoms with E-state index in [1.54, 1.807) is 6.92 Å². The van der Waals surface area contributed by atoms with E-state index >= 15 is 0 Å². The van der Waals surface area contributed by atoms with E-state index in [4.69, 9.17) is 5.11 Å². The van der Waals surface area contributed by atoms with Gasteiger partial charge in [0.2, 0.25) is 5.91 Å². The number of halogens is 3. The summed E-state index contributed by atoms with van der Waals surface area (Å²) < 4.78 is 37.5. The molecule has 19 heavy (non-hydrogen) atoms. The summed E-state index contributed by atoms with van der Waals surface area (Å²) in [6, 6.07) is 4.30. The lowest BCUT2D eigenvalue weighted by Crippen LogP contribution is -2.37. The van der Waals surface area contributed by atoms with Crippen LogP contribution in [0.25, 0.3) is 0 Å². The highest BCUT2D eigenvalue weighted by Gasteiger charge is 2.30. The van der Waals surface area contributed by atoms with E-state index in [0.29, 0.717) is 12.0 Å². The van der Waals surface area contributed by atoms with Gasteiger partial charge in [0.05, 0.1) is 24.6 Å². The number of benzene rings is 1. The predicted octanol–water partition coefficient (Wildman–Crippen LogP) is 2.13. The van der Waals surface area contributed by atoms with Crippen molar-refractivity contribution >= 4 is 5.91 Å². The lowest BCUT2D eigenvalue weighted by atomic mass is 10.1. The lowest BCUT2D eigenvalue weighted by molar-refractivity contribution is -0.137. The number of nitrogens with one attached hydrogen (secondary N) is 1. The quantitative estimate of drug-likeness (QED) is 0.865. The first kappa shape index (κ1) is 15.5. The van der Waals surface area contributed by atoms with Gasteiger partial charge in [-0.25, -0.2) is 0 Å². The van der Waals surface area contributed by atoms with E-state index in [2.05, 4.69) is 5.32 Å². The fraction of sp³-hybridized carbons (Fsp3) is 0.462. The standard InChI is InChI=1S/C13H16F3NO2/c1-2-11(8-18)17-12(19)7-9-4-3-5-10(6-9)13(14,15)16/h3-6,11,18H,2,7-8H2,1H3,(H,17,19). The smallest absolute Gasteiger partial charge is 0.394 e. The van der Waals surface area contributed by atoms with Crippen molar-refractivity contribution in [1.29, 1.82) is 0 Å². The molecule has 0 heterocycles. The van der Waals surface area contributed by atoms with Crippen LogP contribution in [0.3, 0.4) is 0 Å². The number of aliphatic hydroxyl groups is 1. The Kier molecular flexibility index (Phi) is 5.35. The van der Waals surface area contributed by atoms with Gasteiger partial charge in [-0.2, -0.15) is 13.2 Å². The number of carbonyl (C=O) groups excluding carboxylic acids is 1. The van der Waals surface area contributed by atoms with Gasteiger partial charge in [-0.1, -0.05) is 25.1 Å². The van der Waals surface area contributed by atoms with Gasteiger partial charge >= 0.3 is 6.18 Å². The van der Waals surface area contributed by atoms with Crippen LogP contribution >= 0.6 is 0 Å². The molecule has 0 spiro atoms. The minimum absolute atomic E-state index is 0.138. The van der Waals surface area contributed by atoms with Crippen molar-refractivity contribution in [3.63, 3.8) is 0 Å². The molecule has 0 saturated heterocycles. The second kappa shape index (κ2) is 6.56. The molecule has 0 fully saturated rings. The average molecular weight is 275 g/mol. The lowest BCUT2D eigenvalue weighted by Gasteiger charge is -2.14. The molecule has 2 N–H and O–H groups in total. The molecule has 0 radical (unpaired) electrons. The van der Waals surface area contributed by atoms with Crippen LogP contribution < -0.4 is 5.32 Å². The normalized spacial score (nSPS) is 13.1. The number of carbonyl (C=O) groups is 1. The third-order valence-corrected chi connectivity index (χ3v) is 2.70. The Labute approximate surface area is 109 Å². The maximum absolute atomic E-state index is 12.5. The van der Waals surface area contributed by atoms with Crippen LogP contribution in [0.4, 0.5) is 13.2 Å². The summed E-state index contributed by atoms with van der Waals surface area (Å²) in [5.74, 6) is -0.403. The monoisotopic (exact) mass is 275 g/mol.